The number of nitrogens with two attached hydrogens (primary N) is 1. The van der Waals surface area contributed by atoms with Gasteiger partial charge in [0.25, 0.3) is 0 Å². The first-order chi connectivity index (χ1) is 8.13. The van der Waals surface area contributed by atoms with E-state index in [1.54, 1.807) is 7.11 Å². The van der Waals surface area contributed by atoms with Gasteiger partial charge < -0.3 is 10.5 Å². The Morgan fingerprint density at radius 3 is 2.53 bits per heavy atom. The van der Waals surface area contributed by atoms with E-state index in [1.165, 1.54) is 0 Å². The van der Waals surface area contributed by atoms with Crippen molar-refractivity contribution in [2.75, 3.05) is 12.8 Å². The highest BCUT2D eigenvalue weighted by atomic mass is 16.5. The van der Waals surface area contributed by atoms with Crippen molar-refractivity contribution in [2.24, 2.45) is 0 Å². The fraction of sp³-hybridized carbons (Fsp3) is 0.231. The van der Waals surface area contributed by atoms with Crippen molar-refractivity contribution >= 4 is 5.82 Å². The average molecular weight is 229 g/mol. The van der Waals surface area contributed by atoms with Gasteiger partial charge in [-0.3, -0.25) is 0 Å². The predicted molar refractivity (Wildman–Crippen MR) is 67.9 cm³/mol. The summed E-state index contributed by atoms with van der Waals surface area (Å²) < 4.78 is 5.33. The number of aromatic nitrogens is 2. The molecule has 0 fully saturated rings. The number of nitrogen functional groups attached to an aromatic ring is 1. The Labute approximate surface area is 100 Å². The number of anilines is 1. The number of benzene rings is 1. The third-order valence-corrected chi connectivity index (χ3v) is 2.66. The van der Waals surface area contributed by atoms with Crippen molar-refractivity contribution in [1.29, 1.82) is 0 Å². The number of rotatable bonds is 2. The fourth-order valence-corrected chi connectivity index (χ4v) is 1.75. The molecule has 2 rings (SSSR count). The molecule has 1 aromatic heterocycles. The maximum atomic E-state index is 5.86. The second-order valence-electron chi connectivity index (χ2n) is 3.83. The van der Waals surface area contributed by atoms with Gasteiger partial charge in [0.05, 0.1) is 12.8 Å². The first-order valence-corrected chi connectivity index (χ1v) is 5.37. The van der Waals surface area contributed by atoms with Crippen molar-refractivity contribution in [3.8, 4) is 17.0 Å². The smallest absolute Gasteiger partial charge is 0.130 e. The van der Waals surface area contributed by atoms with Crippen LogP contribution in [0, 0.1) is 13.8 Å². The third kappa shape index (κ3) is 2.06. The molecule has 0 bridgehead atoms. The molecule has 4 heteroatoms. The molecular weight excluding hydrogens is 214 g/mol. The highest BCUT2D eigenvalue weighted by molar-refractivity contribution is 5.72. The zero-order chi connectivity index (χ0) is 12.4. The Morgan fingerprint density at radius 2 is 1.82 bits per heavy atom. The van der Waals surface area contributed by atoms with Gasteiger partial charge in [-0.15, -0.1) is 0 Å². The standard InChI is InChI=1S/C13H15N3O/c1-8-12(15-9(2)16-13(8)14)10-6-4-5-7-11(10)17-3/h4-7H,1-3H3,(H2,14,15,16). The van der Waals surface area contributed by atoms with Gasteiger partial charge in [-0.05, 0) is 26.0 Å². The molecule has 0 unspecified atom stereocenters. The molecule has 4 nitrogen and oxygen atoms in total. The molecule has 2 aromatic rings. The third-order valence-electron chi connectivity index (χ3n) is 2.66. The number of hydrogen-bond donors (Lipinski definition) is 1. The molecule has 0 aliphatic rings. The quantitative estimate of drug-likeness (QED) is 0.858. The minimum Gasteiger partial charge on any atom is -0.496 e. The molecule has 1 aromatic carbocycles. The van der Waals surface area contributed by atoms with E-state index in [0.29, 0.717) is 11.6 Å². The zero-order valence-electron chi connectivity index (χ0n) is 10.2. The van der Waals surface area contributed by atoms with E-state index in [-0.39, 0.29) is 0 Å². The van der Waals surface area contributed by atoms with Gasteiger partial charge in [0.15, 0.2) is 0 Å². The summed E-state index contributed by atoms with van der Waals surface area (Å²) in [6.07, 6.45) is 0. The van der Waals surface area contributed by atoms with Gasteiger partial charge in [0.2, 0.25) is 0 Å². The van der Waals surface area contributed by atoms with E-state index in [2.05, 4.69) is 9.97 Å². The Bertz CT molecular complexity index is 552. The lowest BCUT2D eigenvalue weighted by atomic mass is 10.1. The first kappa shape index (κ1) is 11.4. The lowest BCUT2D eigenvalue weighted by Crippen LogP contribution is -2.02. The summed E-state index contributed by atoms with van der Waals surface area (Å²) >= 11 is 0. The van der Waals surface area contributed by atoms with Crippen LogP contribution >= 0.6 is 0 Å². The SMILES string of the molecule is COc1ccccc1-c1nc(C)nc(N)c1C. The minimum atomic E-state index is 0.512. The number of hydrogen-bond acceptors (Lipinski definition) is 4. The van der Waals surface area contributed by atoms with E-state index < -0.39 is 0 Å². The number of para-hydroxylation sites is 1. The Hall–Kier alpha value is -2.10. The molecule has 0 aliphatic heterocycles. The maximum Gasteiger partial charge on any atom is 0.130 e. The van der Waals surface area contributed by atoms with Crippen LogP contribution in [0.25, 0.3) is 11.3 Å². The largest absolute Gasteiger partial charge is 0.496 e. The molecule has 0 amide bonds. The van der Waals surface area contributed by atoms with Crippen LogP contribution in [0.2, 0.25) is 0 Å². The van der Waals surface area contributed by atoms with Crippen LogP contribution in [0.4, 0.5) is 5.82 Å². The van der Waals surface area contributed by atoms with Gasteiger partial charge >= 0.3 is 0 Å². The summed E-state index contributed by atoms with van der Waals surface area (Å²) in [5.41, 5.74) is 8.49. The second-order valence-corrected chi connectivity index (χ2v) is 3.83. The summed E-state index contributed by atoms with van der Waals surface area (Å²) in [6.45, 7) is 3.74. The molecule has 0 atom stereocenters. The molecule has 0 saturated heterocycles. The van der Waals surface area contributed by atoms with Crippen molar-refractivity contribution in [3.05, 3.63) is 35.7 Å². The topological polar surface area (TPSA) is 61.0 Å². The second kappa shape index (κ2) is 4.41. The molecule has 0 saturated carbocycles. The molecule has 88 valence electrons. The van der Waals surface area contributed by atoms with Crippen LogP contribution in [0.1, 0.15) is 11.4 Å². The number of aryl methyl sites for hydroxylation is 1. The van der Waals surface area contributed by atoms with Gasteiger partial charge in [-0.2, -0.15) is 0 Å². The van der Waals surface area contributed by atoms with Crippen molar-refractivity contribution in [3.63, 3.8) is 0 Å². The van der Waals surface area contributed by atoms with Crippen molar-refractivity contribution in [1.82, 2.24) is 9.97 Å². The van der Waals surface area contributed by atoms with Crippen LogP contribution in [-0.4, -0.2) is 17.1 Å². The Morgan fingerprint density at radius 1 is 1.12 bits per heavy atom. The Kier molecular flexibility index (Phi) is 2.95. The molecule has 1 heterocycles. The van der Waals surface area contributed by atoms with Crippen LogP contribution in [0.15, 0.2) is 24.3 Å². The summed E-state index contributed by atoms with van der Waals surface area (Å²) in [7, 11) is 1.64. The molecule has 0 aliphatic carbocycles. The highest BCUT2D eigenvalue weighted by Crippen LogP contribution is 2.31. The number of nitrogens with zero attached hydrogens (tertiary/aromatic N) is 2. The summed E-state index contributed by atoms with van der Waals surface area (Å²) in [5.74, 6) is 1.96. The van der Waals surface area contributed by atoms with E-state index in [1.807, 2.05) is 38.1 Å². The summed E-state index contributed by atoms with van der Waals surface area (Å²) in [6, 6.07) is 7.75. The van der Waals surface area contributed by atoms with Crippen LogP contribution < -0.4 is 10.5 Å². The highest BCUT2D eigenvalue weighted by Gasteiger charge is 2.12. The van der Waals surface area contributed by atoms with Gasteiger partial charge in [0, 0.05) is 11.1 Å². The van der Waals surface area contributed by atoms with Crippen LogP contribution in [0.3, 0.4) is 0 Å². The van der Waals surface area contributed by atoms with E-state index in [0.717, 1.165) is 22.6 Å². The van der Waals surface area contributed by atoms with Crippen molar-refractivity contribution < 1.29 is 4.74 Å². The van der Waals surface area contributed by atoms with E-state index in [4.69, 9.17) is 10.5 Å². The number of methoxy groups -OCH3 is 1. The average Bonchev–Trinajstić information content (AvgIpc) is 2.33. The van der Waals surface area contributed by atoms with Gasteiger partial charge in [-0.25, -0.2) is 9.97 Å². The minimum absolute atomic E-state index is 0.512. The lowest BCUT2D eigenvalue weighted by Gasteiger charge is -2.11. The normalized spacial score (nSPS) is 10.3. The lowest BCUT2D eigenvalue weighted by molar-refractivity contribution is 0.416. The van der Waals surface area contributed by atoms with E-state index in [9.17, 15) is 0 Å². The molecule has 0 spiro atoms. The Balaban J connectivity index is 2.68. The predicted octanol–water partition coefficient (Wildman–Crippen LogP) is 2.35. The monoisotopic (exact) mass is 229 g/mol. The van der Waals surface area contributed by atoms with Crippen LogP contribution in [-0.2, 0) is 0 Å². The van der Waals surface area contributed by atoms with Crippen molar-refractivity contribution in [2.45, 2.75) is 13.8 Å². The zero-order valence-corrected chi connectivity index (χ0v) is 10.2. The number of ether oxygens (including phenoxy) is 1. The fourth-order valence-electron chi connectivity index (χ4n) is 1.75. The van der Waals surface area contributed by atoms with Gasteiger partial charge in [-0.1, -0.05) is 12.1 Å². The maximum absolute atomic E-state index is 5.86. The molecule has 0 radical (unpaired) electrons. The summed E-state index contributed by atoms with van der Waals surface area (Å²) in [4.78, 5) is 8.58. The summed E-state index contributed by atoms with van der Waals surface area (Å²) in [5, 5.41) is 0. The molecular formula is C13H15N3O. The molecule has 17 heavy (non-hydrogen) atoms. The van der Waals surface area contributed by atoms with Gasteiger partial charge in [0.1, 0.15) is 17.4 Å². The first-order valence-electron chi connectivity index (χ1n) is 5.37. The van der Waals surface area contributed by atoms with Crippen LogP contribution in [0.5, 0.6) is 5.75 Å². The van der Waals surface area contributed by atoms with E-state index >= 15 is 0 Å². The molecule has 2 N–H and O–H groups in total.